The second-order valence-corrected chi connectivity index (χ2v) is 5.38. The minimum Gasteiger partial charge on any atom is -0.506 e. The van der Waals surface area contributed by atoms with Gasteiger partial charge in [-0.05, 0) is 23.8 Å². The van der Waals surface area contributed by atoms with E-state index in [1.807, 2.05) is 0 Å². The van der Waals surface area contributed by atoms with Gasteiger partial charge >= 0.3 is 5.97 Å². The third-order valence-corrected chi connectivity index (χ3v) is 3.84. The summed E-state index contributed by atoms with van der Waals surface area (Å²) in [6, 6.07) is 8.69. The summed E-state index contributed by atoms with van der Waals surface area (Å²) in [4.78, 5) is 24.3. The van der Waals surface area contributed by atoms with Gasteiger partial charge in [-0.1, -0.05) is 23.7 Å². The Kier molecular flexibility index (Phi) is 3.91. The topological polar surface area (TPSA) is 97.0 Å². The molecule has 3 aromatic rings. The number of aromatic carboxylic acids is 1. The molecule has 0 spiro atoms. The summed E-state index contributed by atoms with van der Waals surface area (Å²) in [5.41, 5.74) is -0.343. The van der Waals surface area contributed by atoms with Crippen LogP contribution >= 0.6 is 11.6 Å². The summed E-state index contributed by atoms with van der Waals surface area (Å²) >= 11 is 5.84. The smallest absolute Gasteiger partial charge is 0.372 e. The van der Waals surface area contributed by atoms with Crippen LogP contribution in [0, 0.1) is 0 Å². The molecule has 2 aromatic carbocycles. The number of aromatic hydroxyl groups is 1. The van der Waals surface area contributed by atoms with Gasteiger partial charge in [0.05, 0.1) is 23.1 Å². The minimum absolute atomic E-state index is 0.0291. The molecule has 0 aliphatic rings. The molecule has 0 aliphatic heterocycles. The molecule has 0 saturated carbocycles. The molecule has 0 unspecified atom stereocenters. The van der Waals surface area contributed by atoms with Crippen LogP contribution in [0.15, 0.2) is 45.6 Å². The van der Waals surface area contributed by atoms with Crippen molar-refractivity contribution < 1.29 is 24.2 Å². The normalized spacial score (nSPS) is 10.8. The molecule has 2 N–H and O–H groups in total. The number of benzene rings is 2. The van der Waals surface area contributed by atoms with Gasteiger partial charge < -0.3 is 19.4 Å². The van der Waals surface area contributed by atoms with Crippen LogP contribution in [0.5, 0.6) is 11.5 Å². The Hall–Kier alpha value is -2.99. The van der Waals surface area contributed by atoms with Crippen molar-refractivity contribution in [2.75, 3.05) is 7.11 Å². The van der Waals surface area contributed by atoms with Crippen molar-refractivity contribution in [1.82, 2.24) is 0 Å². The fraction of sp³-hybridized carbons (Fsp3) is 0.0588. The summed E-state index contributed by atoms with van der Waals surface area (Å²) in [7, 11) is 1.50. The second kappa shape index (κ2) is 5.90. The zero-order chi connectivity index (χ0) is 17.4. The molecule has 0 aliphatic carbocycles. The molecule has 1 aromatic heterocycles. The first-order valence-electron chi connectivity index (χ1n) is 6.79. The number of carboxylic acid groups (broad SMARTS) is 1. The van der Waals surface area contributed by atoms with Gasteiger partial charge in [-0.3, -0.25) is 4.79 Å². The lowest BCUT2D eigenvalue weighted by atomic mass is 10.0. The molecule has 3 rings (SSSR count). The summed E-state index contributed by atoms with van der Waals surface area (Å²) < 4.78 is 10.4. The van der Waals surface area contributed by atoms with Crippen molar-refractivity contribution in [3.8, 4) is 22.6 Å². The molecule has 0 fully saturated rings. The number of phenolic OH excluding ortho intramolecular Hbond substituents is 1. The average Bonchev–Trinajstić information content (AvgIpc) is 2.56. The van der Waals surface area contributed by atoms with Crippen molar-refractivity contribution in [2.45, 2.75) is 0 Å². The standard InChI is InChI=1S/C17H11ClO6/c1-23-9-4-2-8(3-5-9)14-15(20)10-6-11(18)12(19)7-13(10)24-16(14)17(21)22/h2-7,19H,1H3,(H,21,22). The second-order valence-electron chi connectivity index (χ2n) is 4.97. The molecule has 7 heteroatoms. The molecule has 0 saturated heterocycles. The molecular weight excluding hydrogens is 336 g/mol. The maximum Gasteiger partial charge on any atom is 0.372 e. The van der Waals surface area contributed by atoms with Crippen LogP contribution in [0.1, 0.15) is 10.6 Å². The molecule has 0 atom stereocenters. The summed E-state index contributed by atoms with van der Waals surface area (Å²) in [6.07, 6.45) is 0. The Balaban J connectivity index is 2.38. The minimum atomic E-state index is -1.39. The van der Waals surface area contributed by atoms with Crippen LogP contribution in [-0.2, 0) is 0 Å². The first kappa shape index (κ1) is 15.9. The van der Waals surface area contributed by atoms with Crippen molar-refractivity contribution in [3.05, 3.63) is 57.4 Å². The number of methoxy groups -OCH3 is 1. The maximum absolute atomic E-state index is 12.8. The zero-order valence-corrected chi connectivity index (χ0v) is 13.1. The van der Waals surface area contributed by atoms with E-state index in [4.69, 9.17) is 20.8 Å². The Labute approximate surface area is 140 Å². The van der Waals surface area contributed by atoms with Crippen molar-refractivity contribution in [3.63, 3.8) is 0 Å². The van der Waals surface area contributed by atoms with E-state index in [1.54, 1.807) is 24.3 Å². The Morgan fingerprint density at radius 3 is 2.46 bits per heavy atom. The van der Waals surface area contributed by atoms with Crippen molar-refractivity contribution in [2.24, 2.45) is 0 Å². The fourth-order valence-electron chi connectivity index (χ4n) is 2.37. The van der Waals surface area contributed by atoms with Gasteiger partial charge in [0.1, 0.15) is 17.1 Å². The van der Waals surface area contributed by atoms with E-state index >= 15 is 0 Å². The molecule has 0 bridgehead atoms. The van der Waals surface area contributed by atoms with Gasteiger partial charge in [0.15, 0.2) is 0 Å². The predicted octanol–water partition coefficient (Wildman–Crippen LogP) is 3.53. The number of rotatable bonds is 3. The Bertz CT molecular complexity index is 1000. The van der Waals surface area contributed by atoms with E-state index < -0.39 is 17.2 Å². The van der Waals surface area contributed by atoms with E-state index in [-0.39, 0.29) is 27.3 Å². The number of hydrogen-bond acceptors (Lipinski definition) is 5. The summed E-state index contributed by atoms with van der Waals surface area (Å²) in [5.74, 6) is -1.65. The van der Waals surface area contributed by atoms with Gasteiger partial charge in [0.25, 0.3) is 0 Å². The van der Waals surface area contributed by atoms with E-state index in [0.717, 1.165) is 6.07 Å². The highest BCUT2D eigenvalue weighted by Gasteiger charge is 2.22. The van der Waals surface area contributed by atoms with Gasteiger partial charge in [-0.15, -0.1) is 0 Å². The van der Waals surface area contributed by atoms with Crippen LogP contribution in [0.2, 0.25) is 5.02 Å². The van der Waals surface area contributed by atoms with Gasteiger partial charge in [0.2, 0.25) is 11.2 Å². The predicted molar refractivity (Wildman–Crippen MR) is 88.1 cm³/mol. The maximum atomic E-state index is 12.8. The highest BCUT2D eigenvalue weighted by Crippen LogP contribution is 2.31. The SMILES string of the molecule is COc1ccc(-c2c(C(=O)O)oc3cc(O)c(Cl)cc3c2=O)cc1. The molecular formula is C17H11ClO6. The zero-order valence-electron chi connectivity index (χ0n) is 12.4. The van der Waals surface area contributed by atoms with Gasteiger partial charge in [-0.25, -0.2) is 4.79 Å². The van der Waals surface area contributed by atoms with Crippen molar-refractivity contribution >= 4 is 28.5 Å². The number of carbonyl (C=O) groups is 1. The molecule has 0 radical (unpaired) electrons. The lowest BCUT2D eigenvalue weighted by molar-refractivity contribution is 0.0664. The number of fused-ring (bicyclic) bond motifs is 1. The lowest BCUT2D eigenvalue weighted by Crippen LogP contribution is -2.12. The number of halogens is 1. The average molecular weight is 347 g/mol. The Morgan fingerprint density at radius 2 is 1.88 bits per heavy atom. The highest BCUT2D eigenvalue weighted by molar-refractivity contribution is 6.32. The van der Waals surface area contributed by atoms with E-state index in [1.165, 1.54) is 13.2 Å². The lowest BCUT2D eigenvalue weighted by Gasteiger charge is -2.09. The molecule has 0 amide bonds. The number of phenols is 1. The number of carboxylic acids is 1. The van der Waals surface area contributed by atoms with E-state index in [9.17, 15) is 19.8 Å². The monoisotopic (exact) mass is 346 g/mol. The highest BCUT2D eigenvalue weighted by atomic mass is 35.5. The van der Waals surface area contributed by atoms with Crippen LogP contribution in [0.4, 0.5) is 0 Å². The quantitative estimate of drug-likeness (QED) is 0.753. The van der Waals surface area contributed by atoms with Gasteiger partial charge in [0, 0.05) is 6.07 Å². The molecule has 1 heterocycles. The molecule has 24 heavy (non-hydrogen) atoms. The first-order valence-corrected chi connectivity index (χ1v) is 7.17. The van der Waals surface area contributed by atoms with Crippen LogP contribution in [0.3, 0.4) is 0 Å². The van der Waals surface area contributed by atoms with E-state index in [2.05, 4.69) is 0 Å². The molecule has 122 valence electrons. The van der Waals surface area contributed by atoms with Crippen LogP contribution < -0.4 is 10.2 Å². The third-order valence-electron chi connectivity index (χ3n) is 3.53. The number of ether oxygens (including phenoxy) is 1. The fourth-order valence-corrected chi connectivity index (χ4v) is 2.54. The largest absolute Gasteiger partial charge is 0.506 e. The van der Waals surface area contributed by atoms with Crippen molar-refractivity contribution in [1.29, 1.82) is 0 Å². The Morgan fingerprint density at radius 1 is 1.21 bits per heavy atom. The van der Waals surface area contributed by atoms with E-state index in [0.29, 0.717) is 11.3 Å². The third kappa shape index (κ3) is 2.57. The van der Waals surface area contributed by atoms with Crippen LogP contribution in [-0.4, -0.2) is 23.3 Å². The molecule has 6 nitrogen and oxygen atoms in total. The van der Waals surface area contributed by atoms with Crippen LogP contribution in [0.25, 0.3) is 22.1 Å². The van der Waals surface area contributed by atoms with Gasteiger partial charge in [-0.2, -0.15) is 0 Å². The first-order chi connectivity index (χ1) is 11.4. The summed E-state index contributed by atoms with van der Waals surface area (Å²) in [6.45, 7) is 0. The summed E-state index contributed by atoms with van der Waals surface area (Å²) in [5, 5.41) is 19.1. The number of hydrogen-bond donors (Lipinski definition) is 2.